The first-order chi connectivity index (χ1) is 12.2. The molecule has 1 spiro atoms. The fourth-order valence-electron chi connectivity index (χ4n) is 3.41. The molecule has 3 fully saturated rings. The van der Waals surface area contributed by atoms with Crippen molar-refractivity contribution in [3.63, 3.8) is 0 Å². The fraction of sp³-hybridized carbons (Fsp3) is 0.722. The van der Waals surface area contributed by atoms with Gasteiger partial charge in [-0.05, 0) is 25.2 Å². The highest BCUT2D eigenvalue weighted by Crippen LogP contribution is 2.32. The first kappa shape index (κ1) is 16.7. The summed E-state index contributed by atoms with van der Waals surface area (Å²) in [5.41, 5.74) is -0.0143. The molecule has 0 N–H and O–H groups in total. The SMILES string of the molecule is CC[C@@H]1CN(C(=O)c2cnc(OCC3CC3)cn2)C[C@]2(CCOC2)O1. The smallest absolute Gasteiger partial charge is 0.274 e. The Labute approximate surface area is 147 Å². The molecule has 1 aromatic rings. The highest BCUT2D eigenvalue weighted by atomic mass is 16.6. The van der Waals surface area contributed by atoms with E-state index in [1.807, 2.05) is 4.90 Å². The van der Waals surface area contributed by atoms with Crippen LogP contribution in [0, 0.1) is 5.92 Å². The number of nitrogens with zero attached hydrogens (tertiary/aromatic N) is 3. The quantitative estimate of drug-likeness (QED) is 0.807. The number of carbonyl (C=O) groups is 1. The molecule has 1 amide bonds. The standard InChI is InChI=1S/C18H25N3O4/c1-2-14-9-21(11-18(25-14)5-6-23-12-18)17(22)15-7-20-16(8-19-15)24-10-13-3-4-13/h7-8,13-14H,2-6,9-12H2,1H3/t14-,18+/m1/s1. The van der Waals surface area contributed by atoms with Crippen LogP contribution in [0.1, 0.15) is 43.1 Å². The van der Waals surface area contributed by atoms with E-state index in [-0.39, 0.29) is 17.6 Å². The number of hydrogen-bond acceptors (Lipinski definition) is 6. The first-order valence-corrected chi connectivity index (χ1v) is 9.17. The molecule has 136 valence electrons. The van der Waals surface area contributed by atoms with Gasteiger partial charge >= 0.3 is 0 Å². The van der Waals surface area contributed by atoms with Crippen LogP contribution in [-0.2, 0) is 9.47 Å². The molecule has 3 aliphatic rings. The monoisotopic (exact) mass is 347 g/mol. The number of rotatable bonds is 5. The van der Waals surface area contributed by atoms with Gasteiger partial charge in [0, 0.05) is 19.6 Å². The number of morpholine rings is 1. The van der Waals surface area contributed by atoms with Crippen molar-refractivity contribution < 1.29 is 19.0 Å². The number of ether oxygens (including phenoxy) is 3. The number of amides is 1. The van der Waals surface area contributed by atoms with E-state index in [0.29, 0.717) is 50.4 Å². The third kappa shape index (κ3) is 3.77. The summed E-state index contributed by atoms with van der Waals surface area (Å²) in [5, 5.41) is 0. The van der Waals surface area contributed by atoms with Crippen LogP contribution in [0.4, 0.5) is 0 Å². The molecule has 7 nitrogen and oxygen atoms in total. The molecule has 1 saturated carbocycles. The molecule has 2 saturated heterocycles. The summed E-state index contributed by atoms with van der Waals surface area (Å²) in [6.07, 6.45) is 7.24. The van der Waals surface area contributed by atoms with E-state index in [4.69, 9.17) is 14.2 Å². The Balaban J connectivity index is 1.43. The lowest BCUT2D eigenvalue weighted by Gasteiger charge is -2.43. The van der Waals surface area contributed by atoms with Gasteiger partial charge in [0.1, 0.15) is 11.3 Å². The van der Waals surface area contributed by atoms with Crippen LogP contribution in [0.15, 0.2) is 12.4 Å². The average molecular weight is 347 g/mol. The molecule has 1 aliphatic carbocycles. The molecule has 0 unspecified atom stereocenters. The van der Waals surface area contributed by atoms with Crippen molar-refractivity contribution in [2.24, 2.45) is 5.92 Å². The minimum absolute atomic E-state index is 0.0357. The summed E-state index contributed by atoms with van der Waals surface area (Å²) in [6, 6.07) is 0. The first-order valence-electron chi connectivity index (χ1n) is 9.17. The summed E-state index contributed by atoms with van der Waals surface area (Å²) >= 11 is 0. The molecule has 1 aromatic heterocycles. The predicted octanol–water partition coefficient (Wildman–Crippen LogP) is 1.68. The van der Waals surface area contributed by atoms with Gasteiger partial charge < -0.3 is 19.1 Å². The second-order valence-electron chi connectivity index (χ2n) is 7.31. The van der Waals surface area contributed by atoms with Gasteiger partial charge in [-0.3, -0.25) is 4.79 Å². The van der Waals surface area contributed by atoms with Crippen LogP contribution in [0.2, 0.25) is 0 Å². The number of carbonyl (C=O) groups excluding carboxylic acids is 1. The maximum absolute atomic E-state index is 12.9. The Morgan fingerprint density at radius 1 is 1.40 bits per heavy atom. The molecular weight excluding hydrogens is 322 g/mol. The summed E-state index contributed by atoms with van der Waals surface area (Å²) in [4.78, 5) is 23.2. The largest absolute Gasteiger partial charge is 0.476 e. The zero-order valence-corrected chi connectivity index (χ0v) is 14.6. The van der Waals surface area contributed by atoms with Crippen molar-refractivity contribution in [1.82, 2.24) is 14.9 Å². The number of aromatic nitrogens is 2. The van der Waals surface area contributed by atoms with E-state index in [1.165, 1.54) is 19.0 Å². The molecule has 7 heteroatoms. The van der Waals surface area contributed by atoms with Crippen LogP contribution in [0.3, 0.4) is 0 Å². The predicted molar refractivity (Wildman–Crippen MR) is 89.5 cm³/mol. The Kier molecular flexibility index (Phi) is 4.60. The van der Waals surface area contributed by atoms with Gasteiger partial charge in [-0.25, -0.2) is 9.97 Å². The van der Waals surface area contributed by atoms with E-state index < -0.39 is 0 Å². The summed E-state index contributed by atoms with van der Waals surface area (Å²) in [7, 11) is 0. The van der Waals surface area contributed by atoms with Gasteiger partial charge in [-0.15, -0.1) is 0 Å². The minimum Gasteiger partial charge on any atom is -0.476 e. The second-order valence-corrected chi connectivity index (χ2v) is 7.31. The van der Waals surface area contributed by atoms with Crippen LogP contribution in [0.25, 0.3) is 0 Å². The lowest BCUT2D eigenvalue weighted by Crippen LogP contribution is -2.57. The molecule has 0 bridgehead atoms. The van der Waals surface area contributed by atoms with E-state index in [9.17, 15) is 4.79 Å². The van der Waals surface area contributed by atoms with Crippen molar-refractivity contribution >= 4 is 5.91 Å². The van der Waals surface area contributed by atoms with Gasteiger partial charge in [0.2, 0.25) is 5.88 Å². The molecule has 2 atom stereocenters. The average Bonchev–Trinajstić information content (AvgIpc) is 3.39. The zero-order chi connectivity index (χ0) is 17.3. The molecule has 4 rings (SSSR count). The Bertz CT molecular complexity index is 611. The van der Waals surface area contributed by atoms with Crippen LogP contribution < -0.4 is 4.74 Å². The van der Waals surface area contributed by atoms with Crippen molar-refractivity contribution in [2.75, 3.05) is 32.9 Å². The minimum atomic E-state index is -0.366. The Morgan fingerprint density at radius 2 is 2.28 bits per heavy atom. The van der Waals surface area contributed by atoms with Crippen molar-refractivity contribution in [2.45, 2.75) is 44.3 Å². The third-order valence-corrected chi connectivity index (χ3v) is 5.14. The molecule has 2 aliphatic heterocycles. The van der Waals surface area contributed by atoms with E-state index in [1.54, 1.807) is 6.20 Å². The summed E-state index contributed by atoms with van der Waals surface area (Å²) in [5.74, 6) is 1.04. The molecule has 0 radical (unpaired) electrons. The van der Waals surface area contributed by atoms with Crippen LogP contribution in [0.5, 0.6) is 5.88 Å². The summed E-state index contributed by atoms with van der Waals surface area (Å²) < 4.78 is 17.3. The maximum Gasteiger partial charge on any atom is 0.274 e. The van der Waals surface area contributed by atoms with Gasteiger partial charge in [0.05, 0.1) is 38.3 Å². The molecule has 0 aromatic carbocycles. The Morgan fingerprint density at radius 3 is 2.92 bits per heavy atom. The van der Waals surface area contributed by atoms with E-state index in [0.717, 1.165) is 12.8 Å². The highest BCUT2D eigenvalue weighted by Gasteiger charge is 2.45. The van der Waals surface area contributed by atoms with E-state index >= 15 is 0 Å². The topological polar surface area (TPSA) is 73.8 Å². The van der Waals surface area contributed by atoms with Crippen molar-refractivity contribution in [3.05, 3.63) is 18.1 Å². The van der Waals surface area contributed by atoms with Gasteiger partial charge in [-0.1, -0.05) is 6.92 Å². The second kappa shape index (κ2) is 6.88. The van der Waals surface area contributed by atoms with Gasteiger partial charge in [-0.2, -0.15) is 0 Å². The lowest BCUT2D eigenvalue weighted by molar-refractivity contribution is -0.145. The van der Waals surface area contributed by atoms with Gasteiger partial charge in [0.15, 0.2) is 0 Å². The molecular formula is C18H25N3O4. The lowest BCUT2D eigenvalue weighted by atomic mass is 9.98. The Hall–Kier alpha value is -1.73. The van der Waals surface area contributed by atoms with Crippen LogP contribution in [-0.4, -0.2) is 65.4 Å². The summed E-state index contributed by atoms with van der Waals surface area (Å²) in [6.45, 7) is 5.13. The third-order valence-electron chi connectivity index (χ3n) is 5.14. The highest BCUT2D eigenvalue weighted by molar-refractivity contribution is 5.92. The number of hydrogen-bond donors (Lipinski definition) is 0. The van der Waals surface area contributed by atoms with Crippen molar-refractivity contribution in [1.29, 1.82) is 0 Å². The van der Waals surface area contributed by atoms with Crippen molar-refractivity contribution in [3.8, 4) is 5.88 Å². The fourth-order valence-corrected chi connectivity index (χ4v) is 3.41. The maximum atomic E-state index is 12.9. The zero-order valence-electron chi connectivity index (χ0n) is 14.6. The van der Waals surface area contributed by atoms with Gasteiger partial charge in [0.25, 0.3) is 5.91 Å². The van der Waals surface area contributed by atoms with E-state index in [2.05, 4.69) is 16.9 Å². The van der Waals surface area contributed by atoms with Crippen LogP contribution >= 0.6 is 0 Å². The normalized spacial score (nSPS) is 29.2. The molecule has 3 heterocycles. The molecule has 25 heavy (non-hydrogen) atoms.